The maximum atomic E-state index is 10.4. The molecule has 0 bridgehead atoms. The minimum absolute atomic E-state index is 0.189. The number of carboxylic acid groups (broad SMARTS) is 2. The van der Waals surface area contributed by atoms with Crippen molar-refractivity contribution in [3.63, 3.8) is 0 Å². The summed E-state index contributed by atoms with van der Waals surface area (Å²) in [5.41, 5.74) is 0. The van der Waals surface area contributed by atoms with E-state index in [1.807, 2.05) is 20.8 Å². The SMILES string of the molecule is CC(C)[O][Al+2].CCC(=O)CC(=O)[O-].CCCC(=O)CC(=O)[O-].CCCC[O][Al+][O]CCCC. The van der Waals surface area contributed by atoms with Gasteiger partial charge in [-0.05, 0) is 6.42 Å². The Bertz CT molecular complexity index is 465. The second kappa shape index (κ2) is 33.4. The Kier molecular flexibility index (Phi) is 39.9. The molecule has 0 rings (SSSR count). The van der Waals surface area contributed by atoms with Crippen LogP contribution in [0.5, 0.6) is 0 Å². The summed E-state index contributed by atoms with van der Waals surface area (Å²) in [4.78, 5) is 40.0. The van der Waals surface area contributed by atoms with Crippen molar-refractivity contribution in [2.45, 2.75) is 105 Å². The Morgan fingerprint density at radius 3 is 1.42 bits per heavy atom. The maximum absolute atomic E-state index is 10.4. The monoisotopic (exact) mass is 503 g/mol. The third kappa shape index (κ3) is 54.0. The van der Waals surface area contributed by atoms with E-state index in [0.717, 1.165) is 26.1 Å². The summed E-state index contributed by atoms with van der Waals surface area (Å²) >= 11 is 2.01. The molecule has 9 nitrogen and oxygen atoms in total. The molecule has 0 fully saturated rings. The third-order valence-corrected chi connectivity index (χ3v) is 4.53. The van der Waals surface area contributed by atoms with E-state index in [1.165, 1.54) is 12.8 Å². The van der Waals surface area contributed by atoms with Crippen molar-refractivity contribution in [3.05, 3.63) is 0 Å². The molecule has 188 valence electrons. The third-order valence-electron chi connectivity index (χ3n) is 3.25. The van der Waals surface area contributed by atoms with Crippen LogP contribution in [0.25, 0.3) is 0 Å². The van der Waals surface area contributed by atoms with Crippen LogP contribution in [-0.2, 0) is 30.5 Å². The van der Waals surface area contributed by atoms with Crippen LogP contribution in [0.4, 0.5) is 0 Å². The summed E-state index contributed by atoms with van der Waals surface area (Å²) in [7, 11) is 0. The van der Waals surface area contributed by atoms with E-state index in [-0.39, 0.29) is 33.9 Å². The fourth-order valence-electron chi connectivity index (χ4n) is 1.41. The fraction of sp³-hybridized carbons (Fsp3) is 0.818. The number of hydrogen-bond acceptors (Lipinski definition) is 9. The van der Waals surface area contributed by atoms with Crippen LogP contribution in [-0.4, -0.2) is 75.3 Å². The predicted molar refractivity (Wildman–Crippen MR) is 124 cm³/mol. The number of ketones is 2. The molecule has 0 saturated heterocycles. The molecule has 0 aliphatic carbocycles. The molecule has 0 saturated carbocycles. The first kappa shape index (κ1) is 39.4. The summed E-state index contributed by atoms with van der Waals surface area (Å²) in [6, 6.07) is 0. The van der Waals surface area contributed by atoms with Crippen molar-refractivity contribution >= 4 is 56.0 Å². The quantitative estimate of drug-likeness (QED) is 0.173. The standard InChI is InChI=1S/C6H10O3.C5H8O3.2C4H9O.C3H7O.2Al/c1-2-3-5(7)4-6(8)9;1-2-4(6)3-5(7)8;2*1-2-3-4-5;1-3(2)4;;/h2-4H2,1H3,(H,8,9);2-3H2,1H3,(H,7,8);2*2-4H2,1H3;3H,1-2H3;;/q;;3*-1;2*+3/p-2. The van der Waals surface area contributed by atoms with E-state index < -0.39 is 24.8 Å². The van der Waals surface area contributed by atoms with Crippen LogP contribution >= 0.6 is 0 Å². The van der Waals surface area contributed by atoms with E-state index in [0.29, 0.717) is 18.9 Å². The number of rotatable bonds is 16. The van der Waals surface area contributed by atoms with Crippen LogP contribution in [0.1, 0.15) is 99.3 Å². The molecule has 33 heavy (non-hydrogen) atoms. The average molecular weight is 504 g/mol. The molecule has 11 heteroatoms. The molecule has 0 radical (unpaired) electrons. The number of Topliss-reactive ketones (excluding diaryl/α,β-unsaturated/α-hetero) is 2. The zero-order valence-electron chi connectivity index (χ0n) is 21.2. The summed E-state index contributed by atoms with van der Waals surface area (Å²) < 4.78 is 15.2. The molecule has 0 aliphatic heterocycles. The molecule has 0 spiro atoms. The molecular formula is C22H41Al2O9+. The summed E-state index contributed by atoms with van der Waals surface area (Å²) in [5.74, 6) is -3.12. The Morgan fingerprint density at radius 1 is 0.788 bits per heavy atom. The first-order valence-corrected chi connectivity index (χ1v) is 12.8. The number of hydrogen-bond donors (Lipinski definition) is 0. The second-order valence-electron chi connectivity index (χ2n) is 7.01. The van der Waals surface area contributed by atoms with Gasteiger partial charge in [-0.1, -0.05) is 13.8 Å². The number of carbonyl (C=O) groups is 4. The first-order valence-electron chi connectivity index (χ1n) is 11.3. The van der Waals surface area contributed by atoms with Crippen molar-refractivity contribution in [3.8, 4) is 0 Å². The molecule has 0 aliphatic rings. The van der Waals surface area contributed by atoms with Crippen LogP contribution in [0, 0.1) is 0 Å². The predicted octanol–water partition coefficient (Wildman–Crippen LogP) is 1.25. The molecule has 0 aromatic carbocycles. The summed E-state index contributed by atoms with van der Waals surface area (Å²) in [6.45, 7) is 13.5. The Hall–Kier alpha value is -0.775. The molecule has 0 N–H and O–H groups in total. The van der Waals surface area contributed by atoms with Crippen molar-refractivity contribution in [2.75, 3.05) is 13.2 Å². The van der Waals surface area contributed by atoms with Gasteiger partial charge in [0.05, 0.1) is 0 Å². The van der Waals surface area contributed by atoms with Crippen molar-refractivity contribution in [1.82, 2.24) is 0 Å². The molecule has 0 atom stereocenters. The summed E-state index contributed by atoms with van der Waals surface area (Å²) in [6.07, 6.45) is 5.50. The van der Waals surface area contributed by atoms with Crippen LogP contribution in [0.2, 0.25) is 0 Å². The Labute approximate surface area is 215 Å². The van der Waals surface area contributed by atoms with Gasteiger partial charge >= 0.3 is 117 Å². The van der Waals surface area contributed by atoms with Gasteiger partial charge in [-0.25, -0.2) is 0 Å². The van der Waals surface area contributed by atoms with Gasteiger partial charge in [0.15, 0.2) is 0 Å². The molecule has 0 amide bonds. The van der Waals surface area contributed by atoms with Crippen molar-refractivity contribution in [1.29, 1.82) is 0 Å². The van der Waals surface area contributed by atoms with Gasteiger partial charge in [-0.3, -0.25) is 9.59 Å². The molecule has 0 unspecified atom stereocenters. The van der Waals surface area contributed by atoms with Gasteiger partial charge in [0, 0.05) is 37.6 Å². The number of aliphatic carboxylic acids is 2. The molecule has 0 aromatic heterocycles. The van der Waals surface area contributed by atoms with Crippen LogP contribution in [0.15, 0.2) is 0 Å². The van der Waals surface area contributed by atoms with Gasteiger partial charge in [0.1, 0.15) is 11.6 Å². The topological polar surface area (TPSA) is 142 Å². The fourth-order valence-corrected chi connectivity index (χ4v) is 2.04. The number of unbranched alkanes of at least 4 members (excludes halogenated alkanes) is 2. The van der Waals surface area contributed by atoms with Gasteiger partial charge in [-0.15, -0.1) is 0 Å². The zero-order chi connectivity index (χ0) is 26.5. The Balaban J connectivity index is -0.000000176. The Morgan fingerprint density at radius 2 is 1.18 bits per heavy atom. The van der Waals surface area contributed by atoms with E-state index in [4.69, 9.17) is 7.58 Å². The van der Waals surface area contributed by atoms with Crippen LogP contribution < -0.4 is 10.2 Å². The summed E-state index contributed by atoms with van der Waals surface area (Å²) in [5, 5.41) is 19.4. The van der Waals surface area contributed by atoms with Gasteiger partial charge in [0.25, 0.3) is 0 Å². The van der Waals surface area contributed by atoms with Crippen LogP contribution in [0.3, 0.4) is 0 Å². The van der Waals surface area contributed by atoms with Gasteiger partial charge < -0.3 is 19.8 Å². The normalized spacial score (nSPS) is 9.24. The van der Waals surface area contributed by atoms with Crippen molar-refractivity contribution in [2.24, 2.45) is 0 Å². The molecule has 0 aromatic rings. The number of carbonyl (C=O) groups excluding carboxylic acids is 4. The zero-order valence-corrected chi connectivity index (χ0v) is 23.5. The van der Waals surface area contributed by atoms with E-state index >= 15 is 0 Å². The second-order valence-corrected chi connectivity index (χ2v) is 8.14. The number of carboxylic acids is 2. The van der Waals surface area contributed by atoms with Gasteiger partial charge in [0.2, 0.25) is 0 Å². The molecular weight excluding hydrogens is 462 g/mol. The molecule has 0 heterocycles. The van der Waals surface area contributed by atoms with E-state index in [1.54, 1.807) is 6.92 Å². The van der Waals surface area contributed by atoms with Gasteiger partial charge in [-0.2, -0.15) is 0 Å². The van der Waals surface area contributed by atoms with E-state index in [2.05, 4.69) is 34.3 Å². The minimum atomic E-state index is -1.29. The van der Waals surface area contributed by atoms with E-state index in [9.17, 15) is 29.4 Å². The van der Waals surface area contributed by atoms with Crippen molar-refractivity contribution < 1.29 is 40.8 Å². The average Bonchev–Trinajstić information content (AvgIpc) is 2.73. The first-order chi connectivity index (χ1) is 15.5.